The van der Waals surface area contributed by atoms with E-state index >= 15 is 0 Å². The van der Waals surface area contributed by atoms with Gasteiger partial charge in [0.25, 0.3) is 0 Å². The van der Waals surface area contributed by atoms with E-state index in [4.69, 9.17) is 6.42 Å². The van der Waals surface area contributed by atoms with E-state index in [9.17, 15) is 0 Å². The largest absolute Gasteiger partial charge is 0.313 e. The van der Waals surface area contributed by atoms with Gasteiger partial charge in [0.05, 0.1) is 0 Å². The van der Waals surface area contributed by atoms with Crippen molar-refractivity contribution in [3.8, 4) is 12.3 Å². The van der Waals surface area contributed by atoms with E-state index in [0.717, 1.165) is 24.4 Å². The molecule has 18 heavy (non-hydrogen) atoms. The van der Waals surface area contributed by atoms with Gasteiger partial charge in [-0.05, 0) is 55.3 Å². The van der Waals surface area contributed by atoms with Gasteiger partial charge in [-0.15, -0.1) is 6.42 Å². The molecule has 0 radical (unpaired) electrons. The summed E-state index contributed by atoms with van der Waals surface area (Å²) in [6.07, 6.45) is 16.5. The molecule has 0 spiro atoms. The van der Waals surface area contributed by atoms with Crippen molar-refractivity contribution in [1.82, 2.24) is 10.3 Å². The number of piperidine rings is 1. The van der Waals surface area contributed by atoms with Crippen molar-refractivity contribution in [2.45, 2.75) is 31.7 Å². The molecular formula is C16H18N2. The average molecular weight is 238 g/mol. The summed E-state index contributed by atoms with van der Waals surface area (Å²) in [5.74, 6) is 3.48. The van der Waals surface area contributed by atoms with Gasteiger partial charge in [0.1, 0.15) is 0 Å². The van der Waals surface area contributed by atoms with Crippen LogP contribution in [-0.2, 0) is 0 Å². The number of hydrogen-bond donors (Lipinski definition) is 1. The van der Waals surface area contributed by atoms with Gasteiger partial charge in [-0.3, -0.25) is 4.98 Å². The molecule has 2 heterocycles. The third-order valence-electron chi connectivity index (χ3n) is 4.11. The Kier molecular flexibility index (Phi) is 3.17. The highest BCUT2D eigenvalue weighted by Crippen LogP contribution is 2.34. The molecule has 2 atom stereocenters. The molecule has 3 rings (SSSR count). The van der Waals surface area contributed by atoms with Crippen molar-refractivity contribution < 1.29 is 0 Å². The van der Waals surface area contributed by atoms with Crippen molar-refractivity contribution in [2.24, 2.45) is 5.92 Å². The van der Waals surface area contributed by atoms with Crippen molar-refractivity contribution in [2.75, 3.05) is 6.54 Å². The number of aromatic nitrogens is 1. The van der Waals surface area contributed by atoms with Gasteiger partial charge < -0.3 is 5.32 Å². The fourth-order valence-corrected chi connectivity index (χ4v) is 3.08. The van der Waals surface area contributed by atoms with Gasteiger partial charge in [0, 0.05) is 24.0 Å². The molecule has 1 N–H and O–H groups in total. The highest BCUT2D eigenvalue weighted by molar-refractivity contribution is 5.67. The fourth-order valence-electron chi connectivity index (χ4n) is 3.08. The summed E-state index contributed by atoms with van der Waals surface area (Å²) in [5, 5.41) is 3.65. The Labute approximate surface area is 109 Å². The zero-order chi connectivity index (χ0) is 12.4. The number of rotatable bonds is 1. The summed E-state index contributed by atoms with van der Waals surface area (Å²) in [6.45, 7) is 1.16. The van der Waals surface area contributed by atoms with Crippen molar-refractivity contribution in [3.05, 3.63) is 35.7 Å². The lowest BCUT2D eigenvalue weighted by molar-refractivity contribution is 0.278. The standard InChI is InChI=1S/C16H18N2/c1-2-12-8-15(11-17-10-12)14-6-5-13-4-3-7-18-16(13)9-14/h1,6,8,10-11,13,16,18H,3-5,7,9H2. The molecule has 0 amide bonds. The van der Waals surface area contributed by atoms with Crippen LogP contribution in [0.4, 0.5) is 0 Å². The summed E-state index contributed by atoms with van der Waals surface area (Å²) in [4.78, 5) is 4.23. The predicted octanol–water partition coefficient (Wildman–Crippen LogP) is 2.61. The van der Waals surface area contributed by atoms with Gasteiger partial charge >= 0.3 is 0 Å². The molecular weight excluding hydrogens is 220 g/mol. The Balaban J connectivity index is 1.84. The molecule has 2 heteroatoms. The second-order valence-corrected chi connectivity index (χ2v) is 5.24. The first-order chi connectivity index (χ1) is 8.86. The second kappa shape index (κ2) is 4.96. The third-order valence-corrected chi connectivity index (χ3v) is 4.11. The minimum atomic E-state index is 0.647. The monoisotopic (exact) mass is 238 g/mol. The van der Waals surface area contributed by atoms with E-state index in [1.165, 1.54) is 30.4 Å². The van der Waals surface area contributed by atoms with E-state index in [1.54, 1.807) is 6.20 Å². The molecule has 92 valence electrons. The van der Waals surface area contributed by atoms with Crippen LogP contribution in [0.25, 0.3) is 5.57 Å². The quantitative estimate of drug-likeness (QED) is 0.761. The Bertz CT molecular complexity index is 510. The lowest BCUT2D eigenvalue weighted by Gasteiger charge is -2.36. The number of terminal acetylenes is 1. The van der Waals surface area contributed by atoms with Gasteiger partial charge in [-0.25, -0.2) is 0 Å². The first-order valence-electron chi connectivity index (χ1n) is 6.71. The summed E-state index contributed by atoms with van der Waals surface area (Å²) in [7, 11) is 0. The Morgan fingerprint density at radius 3 is 3.22 bits per heavy atom. The van der Waals surface area contributed by atoms with Crippen LogP contribution >= 0.6 is 0 Å². The summed E-state index contributed by atoms with van der Waals surface area (Å²) in [6, 6.07) is 2.72. The average Bonchev–Trinajstić information content (AvgIpc) is 2.47. The lowest BCUT2D eigenvalue weighted by Crippen LogP contribution is -2.42. The summed E-state index contributed by atoms with van der Waals surface area (Å²) >= 11 is 0. The van der Waals surface area contributed by atoms with E-state index in [-0.39, 0.29) is 0 Å². The summed E-state index contributed by atoms with van der Waals surface area (Å²) in [5.41, 5.74) is 3.46. The number of hydrogen-bond acceptors (Lipinski definition) is 2. The number of nitrogens with zero attached hydrogens (tertiary/aromatic N) is 1. The summed E-state index contributed by atoms with van der Waals surface area (Å²) < 4.78 is 0. The maximum atomic E-state index is 5.43. The predicted molar refractivity (Wildman–Crippen MR) is 73.9 cm³/mol. The molecule has 1 saturated heterocycles. The number of nitrogens with one attached hydrogen (secondary N) is 1. The Hall–Kier alpha value is -1.59. The maximum absolute atomic E-state index is 5.43. The van der Waals surface area contributed by atoms with Crippen molar-refractivity contribution in [1.29, 1.82) is 0 Å². The normalized spacial score (nSPS) is 26.9. The molecule has 0 aromatic carbocycles. The molecule has 2 aliphatic rings. The number of fused-ring (bicyclic) bond motifs is 1. The number of allylic oxidation sites excluding steroid dienone is 1. The Morgan fingerprint density at radius 1 is 1.39 bits per heavy atom. The lowest BCUT2D eigenvalue weighted by atomic mass is 9.78. The van der Waals surface area contributed by atoms with E-state index in [1.807, 2.05) is 6.20 Å². The van der Waals surface area contributed by atoms with Gasteiger partial charge in [0.15, 0.2) is 0 Å². The highest BCUT2D eigenvalue weighted by Gasteiger charge is 2.28. The van der Waals surface area contributed by atoms with Crippen LogP contribution in [0.2, 0.25) is 0 Å². The molecule has 1 aromatic heterocycles. The SMILES string of the molecule is C#Cc1cncc(C2=CCC3CCCNC3C2)c1. The topological polar surface area (TPSA) is 24.9 Å². The van der Waals surface area contributed by atoms with Gasteiger partial charge in [-0.2, -0.15) is 0 Å². The Morgan fingerprint density at radius 2 is 2.33 bits per heavy atom. The van der Waals surface area contributed by atoms with E-state index in [2.05, 4.69) is 28.4 Å². The molecule has 1 aliphatic carbocycles. The van der Waals surface area contributed by atoms with Gasteiger partial charge in [0.2, 0.25) is 0 Å². The smallest absolute Gasteiger partial charge is 0.0432 e. The molecule has 2 unspecified atom stereocenters. The van der Waals surface area contributed by atoms with Crippen LogP contribution in [0.15, 0.2) is 24.5 Å². The van der Waals surface area contributed by atoms with E-state index < -0.39 is 0 Å². The zero-order valence-electron chi connectivity index (χ0n) is 10.5. The van der Waals surface area contributed by atoms with Crippen LogP contribution in [0.1, 0.15) is 36.8 Å². The van der Waals surface area contributed by atoms with Crippen LogP contribution in [0.3, 0.4) is 0 Å². The first kappa shape index (κ1) is 11.5. The van der Waals surface area contributed by atoms with Crippen LogP contribution in [-0.4, -0.2) is 17.6 Å². The van der Waals surface area contributed by atoms with Crippen molar-refractivity contribution >= 4 is 5.57 Å². The number of pyridine rings is 1. The maximum Gasteiger partial charge on any atom is 0.0432 e. The molecule has 2 nitrogen and oxygen atoms in total. The second-order valence-electron chi connectivity index (χ2n) is 5.24. The van der Waals surface area contributed by atoms with Crippen LogP contribution in [0.5, 0.6) is 0 Å². The minimum absolute atomic E-state index is 0.647. The van der Waals surface area contributed by atoms with Gasteiger partial charge in [-0.1, -0.05) is 12.0 Å². The molecule has 1 fully saturated rings. The zero-order valence-corrected chi connectivity index (χ0v) is 10.5. The van der Waals surface area contributed by atoms with Crippen molar-refractivity contribution in [3.63, 3.8) is 0 Å². The minimum Gasteiger partial charge on any atom is -0.313 e. The first-order valence-corrected chi connectivity index (χ1v) is 6.71. The molecule has 1 aliphatic heterocycles. The fraction of sp³-hybridized carbons (Fsp3) is 0.438. The van der Waals surface area contributed by atoms with E-state index in [0.29, 0.717) is 6.04 Å². The van der Waals surface area contributed by atoms with Crippen LogP contribution in [0, 0.1) is 18.3 Å². The molecule has 0 saturated carbocycles. The molecule has 1 aromatic rings. The third kappa shape index (κ3) is 2.19. The van der Waals surface area contributed by atoms with Crippen LogP contribution < -0.4 is 5.32 Å². The highest BCUT2D eigenvalue weighted by atomic mass is 14.9. The molecule has 0 bridgehead atoms.